The SMILES string of the molecule is NS(=O)(=O)Oc1ccc2c(ccn2C(=O)C2CCCCC2)c1. The Kier molecular flexibility index (Phi) is 3.92. The van der Waals surface area contributed by atoms with E-state index >= 15 is 0 Å². The molecule has 1 saturated carbocycles. The second-order valence-electron chi connectivity index (χ2n) is 5.66. The molecule has 0 amide bonds. The molecular formula is C15H18N2O4S. The molecular weight excluding hydrogens is 304 g/mol. The molecule has 1 aromatic heterocycles. The number of nitrogens with two attached hydrogens (primary N) is 1. The van der Waals surface area contributed by atoms with Crippen molar-refractivity contribution in [3.05, 3.63) is 30.5 Å². The van der Waals surface area contributed by atoms with Crippen LogP contribution in [0.25, 0.3) is 10.9 Å². The van der Waals surface area contributed by atoms with Crippen LogP contribution in [0.5, 0.6) is 5.75 Å². The number of aromatic nitrogens is 1. The number of rotatable bonds is 3. The average molecular weight is 322 g/mol. The van der Waals surface area contributed by atoms with E-state index in [1.165, 1.54) is 12.5 Å². The first kappa shape index (κ1) is 15.1. The summed E-state index contributed by atoms with van der Waals surface area (Å²) in [6.07, 6.45) is 6.99. The smallest absolute Gasteiger partial charge is 0.371 e. The Bertz CT molecular complexity index is 804. The first-order chi connectivity index (χ1) is 10.4. The van der Waals surface area contributed by atoms with Crippen molar-refractivity contribution in [3.8, 4) is 5.75 Å². The molecule has 0 atom stereocenters. The van der Waals surface area contributed by atoms with Gasteiger partial charge in [-0.2, -0.15) is 13.6 Å². The molecule has 6 nitrogen and oxygen atoms in total. The summed E-state index contributed by atoms with van der Waals surface area (Å²) < 4.78 is 28.2. The molecule has 3 rings (SSSR count). The summed E-state index contributed by atoms with van der Waals surface area (Å²) in [4.78, 5) is 12.6. The number of carbonyl (C=O) groups is 1. The van der Waals surface area contributed by atoms with Crippen LogP contribution in [0.2, 0.25) is 0 Å². The first-order valence-corrected chi connectivity index (χ1v) is 8.79. The summed E-state index contributed by atoms with van der Waals surface area (Å²) in [7, 11) is -4.05. The van der Waals surface area contributed by atoms with Gasteiger partial charge in [-0.1, -0.05) is 19.3 Å². The molecule has 118 valence electrons. The summed E-state index contributed by atoms with van der Waals surface area (Å²) in [6, 6.07) is 6.50. The molecule has 1 aromatic carbocycles. The fraction of sp³-hybridized carbons (Fsp3) is 0.400. The van der Waals surface area contributed by atoms with Crippen LogP contribution < -0.4 is 9.32 Å². The van der Waals surface area contributed by atoms with Crippen LogP contribution in [0, 0.1) is 5.92 Å². The van der Waals surface area contributed by atoms with Crippen molar-refractivity contribution < 1.29 is 17.4 Å². The van der Waals surface area contributed by atoms with E-state index in [4.69, 9.17) is 5.14 Å². The fourth-order valence-corrected chi connectivity index (χ4v) is 3.42. The highest BCUT2D eigenvalue weighted by Gasteiger charge is 2.23. The fourth-order valence-electron chi connectivity index (χ4n) is 3.04. The van der Waals surface area contributed by atoms with Gasteiger partial charge in [0.1, 0.15) is 5.75 Å². The van der Waals surface area contributed by atoms with E-state index in [1.54, 1.807) is 29.0 Å². The highest BCUT2D eigenvalue weighted by Crippen LogP contribution is 2.28. The van der Waals surface area contributed by atoms with Crippen molar-refractivity contribution in [1.29, 1.82) is 0 Å². The van der Waals surface area contributed by atoms with Gasteiger partial charge in [-0.05, 0) is 37.1 Å². The lowest BCUT2D eigenvalue weighted by Gasteiger charge is -2.20. The molecule has 0 bridgehead atoms. The van der Waals surface area contributed by atoms with Gasteiger partial charge in [-0.25, -0.2) is 0 Å². The largest absolute Gasteiger partial charge is 0.380 e. The third-order valence-electron chi connectivity index (χ3n) is 4.07. The third-order valence-corrected chi connectivity index (χ3v) is 4.49. The predicted octanol–water partition coefficient (Wildman–Crippen LogP) is 2.44. The van der Waals surface area contributed by atoms with Crippen LogP contribution in [-0.2, 0) is 10.3 Å². The zero-order valence-electron chi connectivity index (χ0n) is 12.1. The summed E-state index contributed by atoms with van der Waals surface area (Å²) in [5.74, 6) is 0.317. The second-order valence-corrected chi connectivity index (χ2v) is 6.81. The summed E-state index contributed by atoms with van der Waals surface area (Å²) in [6.45, 7) is 0. The molecule has 0 saturated heterocycles. The normalized spacial score (nSPS) is 16.8. The number of hydrogen-bond acceptors (Lipinski definition) is 4. The van der Waals surface area contributed by atoms with E-state index in [2.05, 4.69) is 4.18 Å². The molecule has 22 heavy (non-hydrogen) atoms. The van der Waals surface area contributed by atoms with Gasteiger partial charge >= 0.3 is 10.3 Å². The maximum absolute atomic E-state index is 12.6. The Labute approximate surface area is 129 Å². The van der Waals surface area contributed by atoms with Gasteiger partial charge in [-0.15, -0.1) is 0 Å². The van der Waals surface area contributed by atoms with Gasteiger partial charge in [0.05, 0.1) is 5.52 Å². The average Bonchev–Trinajstić information content (AvgIpc) is 2.88. The molecule has 1 fully saturated rings. The number of nitrogens with zero attached hydrogens (tertiary/aromatic N) is 1. The molecule has 1 aliphatic rings. The van der Waals surface area contributed by atoms with Crippen LogP contribution in [0.1, 0.15) is 36.9 Å². The monoisotopic (exact) mass is 322 g/mol. The van der Waals surface area contributed by atoms with Gasteiger partial charge in [0.25, 0.3) is 0 Å². The topological polar surface area (TPSA) is 91.4 Å². The van der Waals surface area contributed by atoms with Gasteiger partial charge < -0.3 is 4.18 Å². The zero-order valence-corrected chi connectivity index (χ0v) is 12.9. The third kappa shape index (κ3) is 3.15. The van der Waals surface area contributed by atoms with Crippen molar-refractivity contribution in [2.24, 2.45) is 11.1 Å². The van der Waals surface area contributed by atoms with Crippen molar-refractivity contribution in [1.82, 2.24) is 4.57 Å². The highest BCUT2D eigenvalue weighted by atomic mass is 32.2. The predicted molar refractivity (Wildman–Crippen MR) is 82.9 cm³/mol. The molecule has 0 radical (unpaired) electrons. The van der Waals surface area contributed by atoms with Crippen molar-refractivity contribution in [2.45, 2.75) is 32.1 Å². The van der Waals surface area contributed by atoms with E-state index in [0.717, 1.165) is 36.6 Å². The lowest BCUT2D eigenvalue weighted by Crippen LogP contribution is -2.23. The zero-order chi connectivity index (χ0) is 15.7. The molecule has 1 heterocycles. The van der Waals surface area contributed by atoms with Gasteiger partial charge in [-0.3, -0.25) is 9.36 Å². The Morgan fingerprint density at radius 3 is 2.59 bits per heavy atom. The lowest BCUT2D eigenvalue weighted by atomic mass is 9.88. The Hall–Kier alpha value is -1.86. The Morgan fingerprint density at radius 2 is 1.91 bits per heavy atom. The highest BCUT2D eigenvalue weighted by molar-refractivity contribution is 7.84. The molecule has 7 heteroatoms. The van der Waals surface area contributed by atoms with E-state index < -0.39 is 10.3 Å². The quantitative estimate of drug-likeness (QED) is 0.939. The molecule has 0 aliphatic heterocycles. The Balaban J connectivity index is 1.90. The van der Waals surface area contributed by atoms with Crippen molar-refractivity contribution in [3.63, 3.8) is 0 Å². The van der Waals surface area contributed by atoms with Crippen molar-refractivity contribution >= 4 is 27.1 Å². The summed E-state index contributed by atoms with van der Waals surface area (Å²) >= 11 is 0. The van der Waals surface area contributed by atoms with E-state index in [-0.39, 0.29) is 17.6 Å². The van der Waals surface area contributed by atoms with Gasteiger partial charge in [0.15, 0.2) is 0 Å². The van der Waals surface area contributed by atoms with E-state index in [0.29, 0.717) is 0 Å². The molecule has 2 aromatic rings. The summed E-state index contributed by atoms with van der Waals surface area (Å²) in [5, 5.41) is 5.59. The molecule has 2 N–H and O–H groups in total. The molecule has 0 unspecified atom stereocenters. The minimum absolute atomic E-state index is 0.0738. The minimum Gasteiger partial charge on any atom is -0.371 e. The maximum atomic E-state index is 12.6. The maximum Gasteiger partial charge on any atom is 0.380 e. The first-order valence-electron chi connectivity index (χ1n) is 7.31. The lowest BCUT2D eigenvalue weighted by molar-refractivity contribution is 0.0807. The van der Waals surface area contributed by atoms with Gasteiger partial charge in [0, 0.05) is 17.5 Å². The number of fused-ring (bicyclic) bond motifs is 1. The second kappa shape index (κ2) is 5.73. The van der Waals surface area contributed by atoms with Crippen LogP contribution >= 0.6 is 0 Å². The standard InChI is InChI=1S/C15H18N2O4S/c16-22(19,20)21-13-6-7-14-12(10-13)8-9-17(14)15(18)11-4-2-1-3-5-11/h6-11H,1-5H2,(H2,16,19,20). The number of carbonyl (C=O) groups excluding carboxylic acids is 1. The van der Waals surface area contributed by atoms with Crippen LogP contribution in [0.3, 0.4) is 0 Å². The number of hydrogen-bond donors (Lipinski definition) is 1. The van der Waals surface area contributed by atoms with Crippen molar-refractivity contribution in [2.75, 3.05) is 0 Å². The Morgan fingerprint density at radius 1 is 1.18 bits per heavy atom. The van der Waals surface area contributed by atoms with Crippen LogP contribution in [-0.4, -0.2) is 18.9 Å². The molecule has 0 spiro atoms. The van der Waals surface area contributed by atoms with E-state index in [1.807, 2.05) is 0 Å². The minimum atomic E-state index is -4.05. The number of benzene rings is 1. The van der Waals surface area contributed by atoms with Crippen LogP contribution in [0.15, 0.2) is 30.5 Å². The van der Waals surface area contributed by atoms with Crippen LogP contribution in [0.4, 0.5) is 0 Å². The van der Waals surface area contributed by atoms with E-state index in [9.17, 15) is 13.2 Å². The van der Waals surface area contributed by atoms with Gasteiger partial charge in [0.2, 0.25) is 5.91 Å². The summed E-state index contributed by atoms with van der Waals surface area (Å²) in [5.41, 5.74) is 0.748. The molecule has 1 aliphatic carbocycles.